The number of rotatable bonds is 2. The van der Waals surface area contributed by atoms with E-state index in [9.17, 15) is 13.6 Å². The van der Waals surface area contributed by atoms with Gasteiger partial charge in [-0.2, -0.15) is 0 Å². The minimum Gasteiger partial charge on any atom is -0.468 e. The molecule has 1 saturated carbocycles. The molecule has 1 aliphatic rings. The molecule has 0 aromatic heterocycles. The van der Waals surface area contributed by atoms with Crippen LogP contribution in [-0.2, 0) is 9.53 Å². The average Bonchev–Trinajstić information content (AvgIpc) is 3.12. The lowest BCUT2D eigenvalue weighted by molar-refractivity contribution is -0.128. The first-order chi connectivity index (χ1) is 7.72. The highest BCUT2D eigenvalue weighted by atomic mass is 19.2. The van der Waals surface area contributed by atoms with Crippen molar-refractivity contribution in [3.8, 4) is 0 Å². The van der Waals surface area contributed by atoms with Crippen molar-refractivity contribution in [2.24, 2.45) is 0 Å². The van der Waals surface area contributed by atoms with Gasteiger partial charge in [0, 0.05) is 0 Å². The van der Waals surface area contributed by atoms with Crippen molar-refractivity contribution in [3.05, 3.63) is 35.9 Å². The maximum Gasteiger partial charge on any atom is 0.293 e. The Labute approximate surface area is 94.2 Å². The molecule has 0 radical (unpaired) electrons. The van der Waals surface area contributed by atoms with Crippen LogP contribution in [0.2, 0.25) is 0 Å². The van der Waals surface area contributed by atoms with Gasteiger partial charge in [-0.25, -0.2) is 8.78 Å². The maximum absolute atomic E-state index is 11.9. The van der Waals surface area contributed by atoms with Crippen LogP contribution in [0.4, 0.5) is 8.78 Å². The Morgan fingerprint density at radius 1 is 1.19 bits per heavy atom. The highest BCUT2D eigenvalue weighted by Gasteiger charge is 1.95. The predicted octanol–water partition coefficient (Wildman–Crippen LogP) is 3.31. The van der Waals surface area contributed by atoms with E-state index in [1.54, 1.807) is 6.92 Å². The Kier molecular flexibility index (Phi) is 9.17. The lowest BCUT2D eigenvalue weighted by Gasteiger charge is -1.85. The maximum atomic E-state index is 11.9. The SMILES string of the molecule is C1CC1.CCOC=O.Fc1ccccc1F. The Balaban J connectivity index is 0.000000239. The second kappa shape index (κ2) is 10.1. The monoisotopic (exact) mass is 230 g/mol. The normalized spacial score (nSPS) is 11.2. The molecule has 0 bridgehead atoms. The molecule has 2 rings (SSSR count). The minimum atomic E-state index is -0.799. The van der Waals surface area contributed by atoms with E-state index < -0.39 is 11.6 Å². The van der Waals surface area contributed by atoms with Crippen molar-refractivity contribution >= 4 is 6.47 Å². The van der Waals surface area contributed by atoms with Gasteiger partial charge in [-0.3, -0.25) is 4.79 Å². The van der Waals surface area contributed by atoms with Crippen LogP contribution < -0.4 is 0 Å². The van der Waals surface area contributed by atoms with Crippen LogP contribution in [-0.4, -0.2) is 13.1 Å². The summed E-state index contributed by atoms with van der Waals surface area (Å²) in [5, 5.41) is 0. The molecule has 0 N–H and O–H groups in total. The summed E-state index contributed by atoms with van der Waals surface area (Å²) < 4.78 is 28.0. The van der Waals surface area contributed by atoms with Crippen LogP contribution in [0, 0.1) is 11.6 Å². The summed E-state index contributed by atoms with van der Waals surface area (Å²) >= 11 is 0. The smallest absolute Gasteiger partial charge is 0.293 e. The first-order valence-corrected chi connectivity index (χ1v) is 5.17. The van der Waals surface area contributed by atoms with E-state index in [4.69, 9.17) is 0 Å². The van der Waals surface area contributed by atoms with Gasteiger partial charge >= 0.3 is 0 Å². The van der Waals surface area contributed by atoms with E-state index in [1.807, 2.05) is 0 Å². The van der Waals surface area contributed by atoms with Gasteiger partial charge in [0.15, 0.2) is 11.6 Å². The van der Waals surface area contributed by atoms with Gasteiger partial charge < -0.3 is 4.74 Å². The van der Waals surface area contributed by atoms with E-state index in [0.717, 1.165) is 12.1 Å². The molecule has 0 heterocycles. The number of hydrogen-bond acceptors (Lipinski definition) is 2. The number of ether oxygens (including phenoxy) is 1. The third-order valence-corrected chi connectivity index (χ3v) is 1.41. The van der Waals surface area contributed by atoms with Crippen molar-refractivity contribution in [2.45, 2.75) is 26.2 Å². The lowest BCUT2D eigenvalue weighted by Crippen LogP contribution is -1.80. The van der Waals surface area contributed by atoms with Gasteiger partial charge in [-0.05, 0) is 19.1 Å². The van der Waals surface area contributed by atoms with Gasteiger partial charge in [-0.15, -0.1) is 0 Å². The molecule has 0 atom stereocenters. The molecule has 2 nitrogen and oxygen atoms in total. The molecule has 0 spiro atoms. The molecular formula is C12H16F2O2. The minimum absolute atomic E-state index is 0.431. The molecule has 1 aromatic carbocycles. The Hall–Kier alpha value is -1.45. The fraction of sp³-hybridized carbons (Fsp3) is 0.417. The number of hydrogen-bond donors (Lipinski definition) is 0. The van der Waals surface area contributed by atoms with E-state index >= 15 is 0 Å². The third kappa shape index (κ3) is 10.6. The molecule has 1 aromatic rings. The van der Waals surface area contributed by atoms with Crippen molar-refractivity contribution in [3.63, 3.8) is 0 Å². The average molecular weight is 230 g/mol. The zero-order chi connectivity index (χ0) is 12.2. The summed E-state index contributed by atoms with van der Waals surface area (Å²) in [4.78, 5) is 9.18. The van der Waals surface area contributed by atoms with Crippen molar-refractivity contribution < 1.29 is 18.3 Å². The van der Waals surface area contributed by atoms with Crippen LogP contribution >= 0.6 is 0 Å². The van der Waals surface area contributed by atoms with Gasteiger partial charge in [-0.1, -0.05) is 31.4 Å². The van der Waals surface area contributed by atoms with Gasteiger partial charge in [0.1, 0.15) is 0 Å². The first-order valence-electron chi connectivity index (χ1n) is 5.17. The first kappa shape index (κ1) is 14.6. The van der Waals surface area contributed by atoms with Crippen molar-refractivity contribution in [1.29, 1.82) is 0 Å². The van der Waals surface area contributed by atoms with E-state index in [2.05, 4.69) is 4.74 Å². The summed E-state index contributed by atoms with van der Waals surface area (Å²) in [6.45, 7) is 2.66. The molecular weight excluding hydrogens is 214 g/mol. The summed E-state index contributed by atoms with van der Waals surface area (Å²) in [6, 6.07) is 5.04. The molecule has 0 amide bonds. The van der Waals surface area contributed by atoms with E-state index in [1.165, 1.54) is 31.4 Å². The quantitative estimate of drug-likeness (QED) is 0.728. The number of halogens is 2. The van der Waals surface area contributed by atoms with Gasteiger partial charge in [0.25, 0.3) is 6.47 Å². The van der Waals surface area contributed by atoms with Crippen LogP contribution in [0.25, 0.3) is 0 Å². The Morgan fingerprint density at radius 2 is 1.62 bits per heavy atom. The zero-order valence-electron chi connectivity index (χ0n) is 9.29. The Morgan fingerprint density at radius 3 is 1.75 bits per heavy atom. The largest absolute Gasteiger partial charge is 0.468 e. The third-order valence-electron chi connectivity index (χ3n) is 1.41. The lowest BCUT2D eigenvalue weighted by atomic mass is 10.3. The molecule has 1 fully saturated rings. The van der Waals surface area contributed by atoms with Crippen LogP contribution in [0.1, 0.15) is 26.2 Å². The summed E-state index contributed by atoms with van der Waals surface area (Å²) in [6.07, 6.45) is 4.50. The van der Waals surface area contributed by atoms with Gasteiger partial charge in [0.2, 0.25) is 0 Å². The van der Waals surface area contributed by atoms with E-state index in [0.29, 0.717) is 13.1 Å². The number of carbonyl (C=O) groups excluding carboxylic acids is 1. The molecule has 0 saturated heterocycles. The second-order valence-corrected chi connectivity index (χ2v) is 3.03. The van der Waals surface area contributed by atoms with Crippen LogP contribution in [0.3, 0.4) is 0 Å². The second-order valence-electron chi connectivity index (χ2n) is 3.03. The number of carbonyl (C=O) groups is 1. The molecule has 16 heavy (non-hydrogen) atoms. The van der Waals surface area contributed by atoms with Crippen LogP contribution in [0.5, 0.6) is 0 Å². The molecule has 1 aliphatic carbocycles. The fourth-order valence-corrected chi connectivity index (χ4v) is 0.507. The standard InChI is InChI=1S/C6H4F2.C3H6O2.C3H6/c7-5-3-1-2-4-6(5)8;1-2-5-3-4;1-2-3-1/h1-4H;3H,2H2,1H3;1-3H2. The van der Waals surface area contributed by atoms with Crippen LogP contribution in [0.15, 0.2) is 24.3 Å². The fourth-order valence-electron chi connectivity index (χ4n) is 0.507. The summed E-state index contributed by atoms with van der Waals surface area (Å²) in [7, 11) is 0. The summed E-state index contributed by atoms with van der Waals surface area (Å²) in [5.74, 6) is -1.60. The predicted molar refractivity (Wildman–Crippen MR) is 57.9 cm³/mol. The molecule has 0 unspecified atom stereocenters. The van der Waals surface area contributed by atoms with Crippen molar-refractivity contribution in [1.82, 2.24) is 0 Å². The summed E-state index contributed by atoms with van der Waals surface area (Å²) in [5.41, 5.74) is 0. The molecule has 90 valence electrons. The topological polar surface area (TPSA) is 26.3 Å². The highest BCUT2D eigenvalue weighted by Crippen LogP contribution is 2.14. The van der Waals surface area contributed by atoms with Gasteiger partial charge in [0.05, 0.1) is 6.61 Å². The van der Waals surface area contributed by atoms with Crippen molar-refractivity contribution in [2.75, 3.05) is 6.61 Å². The highest BCUT2D eigenvalue weighted by molar-refractivity contribution is 5.36. The number of benzene rings is 1. The zero-order valence-corrected chi connectivity index (χ0v) is 9.29. The Bertz CT molecular complexity index is 264. The van der Waals surface area contributed by atoms with E-state index in [-0.39, 0.29) is 0 Å². The molecule has 4 heteroatoms. The molecule has 0 aliphatic heterocycles.